The predicted molar refractivity (Wildman–Crippen MR) is 271 cm³/mol. The van der Waals surface area contributed by atoms with Crippen molar-refractivity contribution in [1.29, 1.82) is 0 Å². The van der Waals surface area contributed by atoms with Crippen molar-refractivity contribution in [1.82, 2.24) is 21.3 Å². The van der Waals surface area contributed by atoms with Crippen LogP contribution in [0.5, 0.6) is 0 Å². The average molecular weight is 997 g/mol. The average Bonchev–Trinajstić information content (AvgIpc) is 4.02. The Hall–Kier alpha value is -4.45. The van der Waals surface area contributed by atoms with E-state index in [2.05, 4.69) is 21.3 Å². The van der Waals surface area contributed by atoms with Crippen LogP contribution in [0.2, 0.25) is 0 Å². The van der Waals surface area contributed by atoms with Gasteiger partial charge in [-0.15, -0.1) is 0 Å². The summed E-state index contributed by atoms with van der Waals surface area (Å²) in [6, 6.07) is 5.29. The maximum absolute atomic E-state index is 12.9. The first kappa shape index (κ1) is 55.5. The third kappa shape index (κ3) is 20.1. The molecule has 0 radical (unpaired) electrons. The van der Waals surface area contributed by atoms with E-state index < -0.39 is 29.4 Å². The molecule has 2 saturated heterocycles. The first-order chi connectivity index (χ1) is 32.7. The molecule has 2 fully saturated rings. The lowest BCUT2D eigenvalue weighted by molar-refractivity contribution is -0.120. The van der Waals surface area contributed by atoms with Gasteiger partial charge in [0.25, 0.3) is 0 Å². The summed E-state index contributed by atoms with van der Waals surface area (Å²) in [5.41, 5.74) is 0.0265. The Labute approximate surface area is 416 Å². The highest BCUT2D eigenvalue weighted by Crippen LogP contribution is 2.36. The SMILES string of the molecule is CC(C)(C)OC(=O)NC1=NC2C(CSC2CCCCC(=O)CCCCCC(=O)Cc2cc(CC(=O)CCCCCC(=O)CCCCC3SCC4NC(NC(=O)OC(C)(C)C)=NC43)cc(C(=O)O)c2)N1. The smallest absolute Gasteiger partial charge is 0.414 e. The molecule has 16 nitrogen and oxygen atoms in total. The molecule has 0 bridgehead atoms. The molecule has 5 N–H and O–H groups in total. The van der Waals surface area contributed by atoms with Gasteiger partial charge < -0.3 is 25.2 Å². The van der Waals surface area contributed by atoms with E-state index in [0.717, 1.165) is 75.7 Å². The number of amides is 2. The van der Waals surface area contributed by atoms with Gasteiger partial charge in [-0.1, -0.05) is 31.7 Å². The number of hydrogen-bond acceptors (Lipinski definition) is 15. The number of aliphatic imine (C=N–C) groups is 2. The van der Waals surface area contributed by atoms with Gasteiger partial charge in [-0.25, -0.2) is 24.4 Å². The van der Waals surface area contributed by atoms with Crippen LogP contribution in [0.3, 0.4) is 0 Å². The number of fused-ring (bicyclic) bond motifs is 2. The lowest BCUT2D eigenvalue weighted by Gasteiger charge is -2.19. The van der Waals surface area contributed by atoms with Gasteiger partial charge in [-0.2, -0.15) is 23.5 Å². The number of nitrogens with one attached hydrogen (secondary N) is 4. The number of Topliss-reactive ketones (excluding diaryl/α,β-unsaturated/α-hetero) is 4. The number of carbonyl (C=O) groups excluding carboxylic acids is 6. The third-order valence-corrected chi connectivity index (χ3v) is 15.3. The molecule has 1 aromatic carbocycles. The highest BCUT2D eigenvalue weighted by atomic mass is 32.2. The maximum Gasteiger partial charge on any atom is 0.414 e. The van der Waals surface area contributed by atoms with E-state index in [1.807, 2.05) is 65.1 Å². The number of aromatic carboxylic acids is 1. The Kier molecular flexibility index (Phi) is 21.4. The number of thioether (sulfide) groups is 2. The molecule has 6 unspecified atom stereocenters. The molecule has 4 aliphatic rings. The molecule has 18 heteroatoms. The van der Waals surface area contributed by atoms with Crippen LogP contribution in [0.25, 0.3) is 0 Å². The van der Waals surface area contributed by atoms with Crippen molar-refractivity contribution in [2.75, 3.05) is 11.5 Å². The van der Waals surface area contributed by atoms with Gasteiger partial charge in [0.1, 0.15) is 34.3 Å². The van der Waals surface area contributed by atoms with Crippen molar-refractivity contribution < 1.29 is 48.1 Å². The predicted octanol–water partition coefficient (Wildman–Crippen LogP) is 8.44. The summed E-state index contributed by atoms with van der Waals surface area (Å²) in [4.78, 5) is 96.6. The molecule has 5 rings (SSSR count). The molecule has 4 heterocycles. The number of carboxylic acid groups (broad SMARTS) is 1. The van der Waals surface area contributed by atoms with E-state index in [0.29, 0.717) is 84.9 Å². The first-order valence-corrected chi connectivity index (χ1v) is 27.1. The number of hydrogen-bond donors (Lipinski definition) is 5. The Morgan fingerprint density at radius 3 is 1.29 bits per heavy atom. The van der Waals surface area contributed by atoms with Gasteiger partial charge in [0, 0.05) is 73.4 Å². The minimum Gasteiger partial charge on any atom is -0.478 e. The van der Waals surface area contributed by atoms with Gasteiger partial charge in [-0.05, 0) is 116 Å². The number of nitrogens with zero attached hydrogens (tertiary/aromatic N) is 2. The molecule has 1 aromatic rings. The molecule has 0 saturated carbocycles. The summed E-state index contributed by atoms with van der Waals surface area (Å²) in [5.74, 6) is 2.06. The Bertz CT molecular complexity index is 1920. The fraction of sp³-hybridized carbons (Fsp3) is 0.706. The van der Waals surface area contributed by atoms with Gasteiger partial charge in [-0.3, -0.25) is 29.8 Å². The number of benzene rings is 1. The summed E-state index contributed by atoms with van der Waals surface area (Å²) in [6.45, 7) is 10.9. The molecule has 69 heavy (non-hydrogen) atoms. The van der Waals surface area contributed by atoms with Crippen LogP contribution in [0.1, 0.15) is 179 Å². The van der Waals surface area contributed by atoms with Crippen molar-refractivity contribution in [3.8, 4) is 0 Å². The zero-order chi connectivity index (χ0) is 50.1. The Balaban J connectivity index is 0.883. The summed E-state index contributed by atoms with van der Waals surface area (Å²) in [6.07, 6.45) is 11.5. The van der Waals surface area contributed by atoms with Crippen molar-refractivity contribution in [2.24, 2.45) is 9.98 Å². The first-order valence-electron chi connectivity index (χ1n) is 25.0. The van der Waals surface area contributed by atoms with Crippen LogP contribution >= 0.6 is 23.5 Å². The van der Waals surface area contributed by atoms with Gasteiger partial charge in [0.15, 0.2) is 0 Å². The molecule has 4 aliphatic heterocycles. The fourth-order valence-corrected chi connectivity index (χ4v) is 12.1. The van der Waals surface area contributed by atoms with Crippen LogP contribution in [0.4, 0.5) is 9.59 Å². The Morgan fingerprint density at radius 2 is 0.928 bits per heavy atom. The normalized spacial score (nSPS) is 21.5. The van der Waals surface area contributed by atoms with E-state index in [1.54, 1.807) is 6.07 Å². The van der Waals surface area contributed by atoms with Gasteiger partial charge in [0.05, 0.1) is 29.7 Å². The number of alkyl carbamates (subject to hydrolysis) is 2. The van der Waals surface area contributed by atoms with Crippen molar-refractivity contribution in [2.45, 2.75) is 216 Å². The zero-order valence-corrected chi connectivity index (χ0v) is 43.2. The van der Waals surface area contributed by atoms with E-state index in [1.165, 1.54) is 12.1 Å². The van der Waals surface area contributed by atoms with Gasteiger partial charge in [0.2, 0.25) is 11.9 Å². The second-order valence-corrected chi connectivity index (χ2v) is 23.4. The van der Waals surface area contributed by atoms with E-state index in [-0.39, 0.29) is 65.7 Å². The van der Waals surface area contributed by atoms with E-state index in [9.17, 15) is 38.7 Å². The molecular weight excluding hydrogens is 921 g/mol. The second-order valence-electron chi connectivity index (χ2n) is 20.9. The highest BCUT2D eigenvalue weighted by Gasteiger charge is 2.42. The number of ether oxygens (including phenoxy) is 2. The Morgan fingerprint density at radius 1 is 0.565 bits per heavy atom. The summed E-state index contributed by atoms with van der Waals surface area (Å²) in [5, 5.41) is 22.4. The topological polar surface area (TPSA) is 231 Å². The monoisotopic (exact) mass is 997 g/mol. The number of rotatable bonds is 27. The van der Waals surface area contributed by atoms with Gasteiger partial charge >= 0.3 is 18.2 Å². The standard InChI is InChI=1S/C51H76N6O10S2/c1-50(2,3)66-48(64)56-46-52-39-30-68-41(43(39)54-46)23-15-13-19-35(58)17-9-7-11-21-37(60)28-32-25-33(27-34(26-32)45(62)63)29-38(61)22-12-8-10-18-36(59)20-14-16-24-42-44-40(31-69-42)53-47(55-44)57-49(65)67-51(4,5)6/h25-27,39-44H,7-24,28-31H2,1-6H3,(H,62,63)(H2,52,54,56,64)(H2,53,55,57,65). The number of ketones is 4. The summed E-state index contributed by atoms with van der Waals surface area (Å²) >= 11 is 3.76. The largest absolute Gasteiger partial charge is 0.478 e. The molecule has 6 atom stereocenters. The van der Waals surface area contributed by atoms with Crippen LogP contribution < -0.4 is 21.3 Å². The number of guanidine groups is 2. The lowest BCUT2D eigenvalue weighted by atomic mass is 9.96. The molecule has 382 valence electrons. The summed E-state index contributed by atoms with van der Waals surface area (Å²) in [7, 11) is 0. The molecule has 0 aromatic heterocycles. The number of unbranched alkanes of at least 4 members (excludes halogenated alkanes) is 6. The molecule has 0 spiro atoms. The third-order valence-electron chi connectivity index (χ3n) is 12.3. The fourth-order valence-electron chi connectivity index (χ4n) is 9.09. The van der Waals surface area contributed by atoms with Crippen molar-refractivity contribution in [3.63, 3.8) is 0 Å². The highest BCUT2D eigenvalue weighted by molar-refractivity contribution is 8.00. The van der Waals surface area contributed by atoms with Crippen LogP contribution in [-0.2, 0) is 41.5 Å². The van der Waals surface area contributed by atoms with Crippen LogP contribution in [0.15, 0.2) is 28.2 Å². The van der Waals surface area contributed by atoms with Crippen LogP contribution in [-0.4, -0.2) is 116 Å². The maximum atomic E-state index is 12.9. The van der Waals surface area contributed by atoms with E-state index >= 15 is 0 Å². The molecular formula is C51H76N6O10S2. The van der Waals surface area contributed by atoms with E-state index in [4.69, 9.17) is 19.5 Å². The minimum absolute atomic E-state index is 0.0100. The lowest BCUT2D eigenvalue weighted by Crippen LogP contribution is -2.44. The number of carboxylic acids is 1. The number of carbonyl (C=O) groups is 7. The molecule has 2 amide bonds. The van der Waals surface area contributed by atoms with Crippen LogP contribution in [0, 0.1) is 0 Å². The second kappa shape index (κ2) is 26.7. The summed E-state index contributed by atoms with van der Waals surface area (Å²) < 4.78 is 10.7. The van der Waals surface area contributed by atoms with Crippen molar-refractivity contribution in [3.05, 3.63) is 34.9 Å². The minimum atomic E-state index is -1.11. The zero-order valence-electron chi connectivity index (χ0n) is 41.6. The van der Waals surface area contributed by atoms with Crippen molar-refractivity contribution >= 4 is 76.7 Å². The molecule has 0 aliphatic carbocycles. The quantitative estimate of drug-likeness (QED) is 0.0521.